The molecule has 0 N–H and O–H groups in total. The highest BCUT2D eigenvalue weighted by atomic mass is 16.5. The Morgan fingerprint density at radius 2 is 1.43 bits per heavy atom. The second-order valence-electron chi connectivity index (χ2n) is 4.70. The van der Waals surface area contributed by atoms with Crippen LogP contribution in [0.1, 0.15) is 53.4 Å². The van der Waals surface area contributed by atoms with Crippen LogP contribution in [0.25, 0.3) is 0 Å². The molecule has 0 atom stereocenters. The summed E-state index contributed by atoms with van der Waals surface area (Å²) in [5, 5.41) is 0. The summed E-state index contributed by atoms with van der Waals surface area (Å²) in [7, 11) is 0. The first kappa shape index (κ1) is 19.5. The largest absolute Gasteiger partial charge is 0.463 e. The number of esters is 2. The minimum Gasteiger partial charge on any atom is -0.463 e. The number of hydrogen-bond acceptors (Lipinski definition) is 5. The van der Waals surface area contributed by atoms with Crippen molar-refractivity contribution in [2.24, 2.45) is 0 Å². The highest BCUT2D eigenvalue weighted by molar-refractivity contribution is 5.95. The molecular weight excluding hydrogens is 270 g/mol. The van der Waals surface area contributed by atoms with Crippen LogP contribution < -0.4 is 0 Å². The highest BCUT2D eigenvalue weighted by Crippen LogP contribution is 2.11. The molecule has 0 saturated heterocycles. The molecule has 0 saturated carbocycles. The second-order valence-corrected chi connectivity index (χ2v) is 4.70. The van der Waals surface area contributed by atoms with E-state index in [0.29, 0.717) is 5.70 Å². The smallest absolute Gasteiger partial charge is 0.354 e. The van der Waals surface area contributed by atoms with Crippen LogP contribution in [0.3, 0.4) is 0 Å². The maximum atomic E-state index is 12.1. The standard InChI is InChI=1S/C16H29NO4/c1-5-9-11-17(12-10-6-2)14(16(19)21-8-4)13-15(18)20-7-3/h13H,5-12H2,1-4H3/b14-13-. The predicted octanol–water partition coefficient (Wildman–Crippen LogP) is 2.90. The SMILES string of the molecule is CCCCN(CCCC)/C(=C\C(=O)OCC)C(=O)OCC. The van der Waals surface area contributed by atoms with Gasteiger partial charge < -0.3 is 14.4 Å². The van der Waals surface area contributed by atoms with Gasteiger partial charge >= 0.3 is 11.9 Å². The third kappa shape index (κ3) is 8.38. The Morgan fingerprint density at radius 3 is 1.86 bits per heavy atom. The maximum Gasteiger partial charge on any atom is 0.354 e. The lowest BCUT2D eigenvalue weighted by Gasteiger charge is -2.25. The third-order valence-corrected chi connectivity index (χ3v) is 2.93. The van der Waals surface area contributed by atoms with Gasteiger partial charge in [-0.05, 0) is 26.7 Å². The molecule has 0 aliphatic heterocycles. The van der Waals surface area contributed by atoms with Crippen LogP contribution in [0, 0.1) is 0 Å². The molecule has 0 aliphatic carbocycles. The van der Waals surface area contributed by atoms with Gasteiger partial charge in [-0.1, -0.05) is 26.7 Å². The molecule has 122 valence electrons. The van der Waals surface area contributed by atoms with Crippen LogP contribution in [0.2, 0.25) is 0 Å². The zero-order valence-corrected chi connectivity index (χ0v) is 13.8. The maximum absolute atomic E-state index is 12.1. The lowest BCUT2D eigenvalue weighted by atomic mass is 10.2. The van der Waals surface area contributed by atoms with Gasteiger partial charge in [-0.15, -0.1) is 0 Å². The molecule has 0 aromatic carbocycles. The van der Waals surface area contributed by atoms with Crippen molar-refractivity contribution < 1.29 is 19.1 Å². The molecule has 0 unspecified atom stereocenters. The van der Waals surface area contributed by atoms with Gasteiger partial charge in [0.15, 0.2) is 0 Å². The van der Waals surface area contributed by atoms with Crippen LogP contribution in [-0.4, -0.2) is 43.1 Å². The number of hydrogen-bond donors (Lipinski definition) is 0. The molecule has 0 fully saturated rings. The second kappa shape index (κ2) is 12.2. The normalized spacial score (nSPS) is 11.1. The Labute approximate surface area is 128 Å². The minimum atomic E-state index is -0.501. The quantitative estimate of drug-likeness (QED) is 0.434. The summed E-state index contributed by atoms with van der Waals surface area (Å²) in [6.07, 6.45) is 5.23. The topological polar surface area (TPSA) is 55.8 Å². The van der Waals surface area contributed by atoms with Crippen LogP contribution in [-0.2, 0) is 19.1 Å². The van der Waals surface area contributed by atoms with E-state index in [1.54, 1.807) is 13.8 Å². The molecule has 0 aromatic rings. The predicted molar refractivity (Wildman–Crippen MR) is 82.7 cm³/mol. The van der Waals surface area contributed by atoms with E-state index in [1.807, 2.05) is 4.90 Å². The zero-order valence-electron chi connectivity index (χ0n) is 13.8. The van der Waals surface area contributed by atoms with Crippen LogP contribution in [0.5, 0.6) is 0 Å². The monoisotopic (exact) mass is 299 g/mol. The van der Waals surface area contributed by atoms with Crippen molar-refractivity contribution in [3.05, 3.63) is 11.8 Å². The Kier molecular flexibility index (Phi) is 11.4. The van der Waals surface area contributed by atoms with Crippen molar-refractivity contribution in [3.63, 3.8) is 0 Å². The first-order valence-electron chi connectivity index (χ1n) is 7.91. The molecule has 0 amide bonds. The number of nitrogens with zero attached hydrogens (tertiary/aromatic N) is 1. The first-order valence-corrected chi connectivity index (χ1v) is 7.91. The molecule has 5 heteroatoms. The van der Waals surface area contributed by atoms with E-state index in [1.165, 1.54) is 6.08 Å². The van der Waals surface area contributed by atoms with E-state index in [2.05, 4.69) is 13.8 Å². The average molecular weight is 299 g/mol. The fraction of sp³-hybridized carbons (Fsp3) is 0.750. The molecular formula is C16H29NO4. The number of ether oxygens (including phenoxy) is 2. The fourth-order valence-corrected chi connectivity index (χ4v) is 1.83. The van der Waals surface area contributed by atoms with Crippen LogP contribution >= 0.6 is 0 Å². The molecule has 21 heavy (non-hydrogen) atoms. The van der Waals surface area contributed by atoms with Gasteiger partial charge in [0, 0.05) is 13.1 Å². The lowest BCUT2D eigenvalue weighted by molar-refractivity contribution is -0.142. The zero-order chi connectivity index (χ0) is 16.1. The first-order chi connectivity index (χ1) is 10.1. The number of rotatable bonds is 11. The Balaban J connectivity index is 5.15. The van der Waals surface area contributed by atoms with Gasteiger partial charge in [0.05, 0.1) is 19.3 Å². The summed E-state index contributed by atoms with van der Waals surface area (Å²) in [5.74, 6) is -0.962. The highest BCUT2D eigenvalue weighted by Gasteiger charge is 2.20. The minimum absolute atomic E-state index is 0.286. The van der Waals surface area contributed by atoms with Gasteiger partial charge in [0.2, 0.25) is 0 Å². The van der Waals surface area contributed by atoms with Gasteiger partial charge in [0.25, 0.3) is 0 Å². The van der Waals surface area contributed by atoms with E-state index < -0.39 is 11.9 Å². The number of carbonyl (C=O) groups is 2. The van der Waals surface area contributed by atoms with Crippen molar-refractivity contribution in [1.82, 2.24) is 4.90 Å². The summed E-state index contributed by atoms with van der Waals surface area (Å²) in [6, 6.07) is 0. The van der Waals surface area contributed by atoms with Crippen molar-refractivity contribution in [1.29, 1.82) is 0 Å². The van der Waals surface area contributed by atoms with Gasteiger partial charge in [-0.2, -0.15) is 0 Å². The van der Waals surface area contributed by atoms with Gasteiger partial charge in [-0.25, -0.2) is 9.59 Å². The van der Waals surface area contributed by atoms with E-state index in [4.69, 9.17) is 9.47 Å². The van der Waals surface area contributed by atoms with Gasteiger partial charge in [0.1, 0.15) is 5.70 Å². The third-order valence-electron chi connectivity index (χ3n) is 2.93. The van der Waals surface area contributed by atoms with E-state index in [0.717, 1.165) is 38.8 Å². The molecule has 0 bridgehead atoms. The molecule has 0 rings (SSSR count). The average Bonchev–Trinajstić information content (AvgIpc) is 2.46. The van der Waals surface area contributed by atoms with Gasteiger partial charge in [-0.3, -0.25) is 0 Å². The van der Waals surface area contributed by atoms with Crippen LogP contribution in [0.4, 0.5) is 0 Å². The molecule has 0 spiro atoms. The van der Waals surface area contributed by atoms with E-state index >= 15 is 0 Å². The molecule has 0 aromatic heterocycles. The molecule has 0 radical (unpaired) electrons. The number of carbonyl (C=O) groups excluding carboxylic acids is 2. The summed E-state index contributed by atoms with van der Waals surface area (Å²) < 4.78 is 9.98. The molecule has 0 heterocycles. The molecule has 5 nitrogen and oxygen atoms in total. The lowest BCUT2D eigenvalue weighted by Crippen LogP contribution is -2.31. The Bertz CT molecular complexity index is 331. The Hall–Kier alpha value is -1.52. The fourth-order valence-electron chi connectivity index (χ4n) is 1.83. The summed E-state index contributed by atoms with van der Waals surface area (Å²) in [4.78, 5) is 25.7. The summed E-state index contributed by atoms with van der Waals surface area (Å²) >= 11 is 0. The van der Waals surface area contributed by atoms with Crippen molar-refractivity contribution in [2.45, 2.75) is 53.4 Å². The van der Waals surface area contributed by atoms with Crippen LogP contribution in [0.15, 0.2) is 11.8 Å². The summed E-state index contributed by atoms with van der Waals surface area (Å²) in [5.41, 5.74) is 0.303. The van der Waals surface area contributed by atoms with Crippen molar-refractivity contribution in [2.75, 3.05) is 26.3 Å². The number of unbranched alkanes of at least 4 members (excludes halogenated alkanes) is 2. The van der Waals surface area contributed by atoms with Crippen molar-refractivity contribution >= 4 is 11.9 Å². The Morgan fingerprint density at radius 1 is 0.905 bits per heavy atom. The van der Waals surface area contributed by atoms with E-state index in [9.17, 15) is 9.59 Å². The van der Waals surface area contributed by atoms with E-state index in [-0.39, 0.29) is 13.2 Å². The molecule has 0 aliphatic rings. The van der Waals surface area contributed by atoms with Crippen molar-refractivity contribution in [3.8, 4) is 0 Å². The summed E-state index contributed by atoms with van der Waals surface area (Å²) in [6.45, 7) is 9.73.